The normalized spacial score (nSPS) is 19.8. The summed E-state index contributed by atoms with van der Waals surface area (Å²) in [4.78, 5) is 5.10. The minimum atomic E-state index is -0.00756. The van der Waals surface area contributed by atoms with E-state index in [9.17, 15) is 0 Å². The average Bonchev–Trinajstić information content (AvgIpc) is 3.33. The molecule has 0 radical (unpaired) electrons. The third-order valence-electron chi connectivity index (χ3n) is 5.09. The Morgan fingerprint density at radius 1 is 1.20 bits per heavy atom. The van der Waals surface area contributed by atoms with Crippen molar-refractivity contribution in [3.8, 4) is 0 Å². The highest BCUT2D eigenvalue weighted by Crippen LogP contribution is 2.30. The van der Waals surface area contributed by atoms with Gasteiger partial charge in [0, 0.05) is 51.0 Å². The van der Waals surface area contributed by atoms with Crippen molar-refractivity contribution in [2.45, 2.75) is 32.7 Å². The van der Waals surface area contributed by atoms with Crippen molar-refractivity contribution >= 4 is 11.4 Å². The highest BCUT2D eigenvalue weighted by molar-refractivity contribution is 5.58. The third kappa shape index (κ3) is 4.12. The fourth-order valence-corrected chi connectivity index (χ4v) is 3.45. The Balaban J connectivity index is 1.36. The summed E-state index contributed by atoms with van der Waals surface area (Å²) in [6.07, 6.45) is 2.87. The fraction of sp³-hybridized carbons (Fsp3) is 0.579. The van der Waals surface area contributed by atoms with E-state index in [1.165, 1.54) is 38.2 Å². The molecule has 6 nitrogen and oxygen atoms in total. The molecule has 0 amide bonds. The molecule has 134 valence electrons. The first-order valence-electron chi connectivity index (χ1n) is 9.31. The van der Waals surface area contributed by atoms with E-state index in [0.717, 1.165) is 24.7 Å². The van der Waals surface area contributed by atoms with Gasteiger partial charge < -0.3 is 14.6 Å². The molecular formula is C19H27N5O. The molecule has 1 saturated carbocycles. The molecule has 6 heteroatoms. The Morgan fingerprint density at radius 2 is 2.00 bits per heavy atom. The number of anilines is 2. The summed E-state index contributed by atoms with van der Waals surface area (Å²) in [5.41, 5.74) is 2.37. The van der Waals surface area contributed by atoms with Gasteiger partial charge >= 0.3 is 0 Å². The van der Waals surface area contributed by atoms with Gasteiger partial charge in [0.1, 0.15) is 6.04 Å². The Hall–Kier alpha value is -2.08. The lowest BCUT2D eigenvalue weighted by molar-refractivity contribution is 0.248. The summed E-state index contributed by atoms with van der Waals surface area (Å²) in [6.45, 7) is 9.71. The van der Waals surface area contributed by atoms with Crippen LogP contribution in [0.2, 0.25) is 0 Å². The van der Waals surface area contributed by atoms with E-state index in [-0.39, 0.29) is 6.04 Å². The zero-order valence-corrected chi connectivity index (χ0v) is 15.1. The zero-order valence-electron chi connectivity index (χ0n) is 15.1. The molecular weight excluding hydrogens is 314 g/mol. The van der Waals surface area contributed by atoms with Crippen molar-refractivity contribution in [2.75, 3.05) is 42.9 Å². The predicted octanol–water partition coefficient (Wildman–Crippen LogP) is 3.08. The highest BCUT2D eigenvalue weighted by atomic mass is 16.4. The Kier molecular flexibility index (Phi) is 4.61. The summed E-state index contributed by atoms with van der Waals surface area (Å²) >= 11 is 0. The van der Waals surface area contributed by atoms with E-state index in [4.69, 9.17) is 4.42 Å². The Morgan fingerprint density at radius 3 is 2.68 bits per heavy atom. The van der Waals surface area contributed by atoms with Crippen LogP contribution in [0.3, 0.4) is 0 Å². The van der Waals surface area contributed by atoms with Crippen LogP contribution in [0.1, 0.15) is 37.6 Å². The molecule has 1 atom stereocenters. The molecule has 1 aromatic carbocycles. The first-order chi connectivity index (χ1) is 12.2. The molecule has 2 aliphatic rings. The van der Waals surface area contributed by atoms with Crippen LogP contribution in [-0.2, 0) is 0 Å². The summed E-state index contributed by atoms with van der Waals surface area (Å²) in [5, 5.41) is 11.5. The van der Waals surface area contributed by atoms with Gasteiger partial charge in [-0.2, -0.15) is 0 Å². The summed E-state index contributed by atoms with van der Waals surface area (Å²) < 4.78 is 5.51. The largest absolute Gasteiger partial charge is 0.423 e. The second-order valence-electron chi connectivity index (χ2n) is 7.31. The van der Waals surface area contributed by atoms with Crippen LogP contribution >= 0.6 is 0 Å². The maximum Gasteiger partial charge on any atom is 0.238 e. The lowest BCUT2D eigenvalue weighted by Gasteiger charge is -2.36. The van der Waals surface area contributed by atoms with Crippen LogP contribution in [0.25, 0.3) is 0 Å². The monoisotopic (exact) mass is 341 g/mol. The molecule has 2 aromatic rings. The number of rotatable bonds is 6. The molecule has 2 fully saturated rings. The maximum atomic E-state index is 5.51. The number of aryl methyl sites for hydroxylation is 1. The molecule has 1 N–H and O–H groups in total. The molecule has 2 heterocycles. The van der Waals surface area contributed by atoms with Crippen molar-refractivity contribution in [1.29, 1.82) is 0 Å². The third-order valence-corrected chi connectivity index (χ3v) is 5.09. The lowest BCUT2D eigenvalue weighted by Crippen LogP contribution is -2.47. The molecule has 0 unspecified atom stereocenters. The summed E-state index contributed by atoms with van der Waals surface area (Å²) in [5.74, 6) is 2.20. The topological polar surface area (TPSA) is 57.4 Å². The van der Waals surface area contributed by atoms with E-state index in [1.54, 1.807) is 0 Å². The number of benzene rings is 1. The number of nitrogens with one attached hydrogen (secondary N) is 1. The van der Waals surface area contributed by atoms with Gasteiger partial charge in [0.2, 0.25) is 11.8 Å². The lowest BCUT2D eigenvalue weighted by atomic mass is 10.2. The minimum Gasteiger partial charge on any atom is -0.423 e. The van der Waals surface area contributed by atoms with Gasteiger partial charge in [0.05, 0.1) is 0 Å². The number of hydrogen-bond acceptors (Lipinski definition) is 6. The van der Waals surface area contributed by atoms with Crippen molar-refractivity contribution < 1.29 is 4.42 Å². The Bertz CT molecular complexity index is 703. The quantitative estimate of drug-likeness (QED) is 0.871. The molecule has 0 bridgehead atoms. The highest BCUT2D eigenvalue weighted by Gasteiger charge is 2.26. The minimum absolute atomic E-state index is 0.00756. The zero-order chi connectivity index (χ0) is 17.2. The number of piperazine rings is 1. The van der Waals surface area contributed by atoms with Gasteiger partial charge in [-0.05, 0) is 43.9 Å². The van der Waals surface area contributed by atoms with E-state index < -0.39 is 0 Å². The second kappa shape index (κ2) is 7.04. The number of hydrogen-bond donors (Lipinski definition) is 1. The van der Waals surface area contributed by atoms with E-state index in [1.807, 2.05) is 13.8 Å². The molecule has 1 aromatic heterocycles. The van der Waals surface area contributed by atoms with Gasteiger partial charge in [-0.25, -0.2) is 0 Å². The van der Waals surface area contributed by atoms with E-state index in [0.29, 0.717) is 11.8 Å². The van der Waals surface area contributed by atoms with E-state index in [2.05, 4.69) is 49.6 Å². The molecule has 1 saturated heterocycles. The van der Waals surface area contributed by atoms with Crippen LogP contribution in [0.4, 0.5) is 11.4 Å². The molecule has 1 aliphatic carbocycles. The van der Waals surface area contributed by atoms with E-state index >= 15 is 0 Å². The molecule has 0 spiro atoms. The van der Waals surface area contributed by atoms with Gasteiger partial charge in [-0.15, -0.1) is 10.2 Å². The van der Waals surface area contributed by atoms with Gasteiger partial charge in [0.15, 0.2) is 0 Å². The first kappa shape index (κ1) is 16.4. The molecule has 25 heavy (non-hydrogen) atoms. The predicted molar refractivity (Wildman–Crippen MR) is 98.9 cm³/mol. The standard InChI is InChI=1S/C19H27N5O/c1-14(19-22-21-15(2)25-19)20-17-4-3-5-18(12-17)24-10-8-23(9-11-24)13-16-6-7-16/h3-5,12,14,16,20H,6-11,13H2,1-2H3/t14-/m1/s1. The molecule has 4 rings (SSSR count). The summed E-state index contributed by atoms with van der Waals surface area (Å²) in [6, 6.07) is 8.61. The van der Waals surface area contributed by atoms with Crippen LogP contribution < -0.4 is 10.2 Å². The number of aromatic nitrogens is 2. The van der Waals surface area contributed by atoms with Crippen molar-refractivity contribution in [2.24, 2.45) is 5.92 Å². The SMILES string of the molecule is Cc1nnc([C@@H](C)Nc2cccc(N3CCN(CC4CC4)CC3)c2)o1. The van der Waals surface area contributed by atoms with Crippen LogP contribution in [0.15, 0.2) is 28.7 Å². The van der Waals surface area contributed by atoms with Crippen molar-refractivity contribution in [3.63, 3.8) is 0 Å². The first-order valence-corrected chi connectivity index (χ1v) is 9.31. The second-order valence-corrected chi connectivity index (χ2v) is 7.31. The average molecular weight is 341 g/mol. The fourth-order valence-electron chi connectivity index (χ4n) is 3.45. The van der Waals surface area contributed by atoms with Crippen LogP contribution in [0.5, 0.6) is 0 Å². The van der Waals surface area contributed by atoms with Crippen molar-refractivity contribution in [1.82, 2.24) is 15.1 Å². The van der Waals surface area contributed by atoms with Gasteiger partial charge in [-0.3, -0.25) is 4.90 Å². The van der Waals surface area contributed by atoms with Crippen LogP contribution in [0, 0.1) is 12.8 Å². The summed E-state index contributed by atoms with van der Waals surface area (Å²) in [7, 11) is 0. The molecule has 1 aliphatic heterocycles. The smallest absolute Gasteiger partial charge is 0.238 e. The van der Waals surface area contributed by atoms with Crippen molar-refractivity contribution in [3.05, 3.63) is 36.0 Å². The Labute approximate surface area is 149 Å². The van der Waals surface area contributed by atoms with Gasteiger partial charge in [0.25, 0.3) is 0 Å². The van der Waals surface area contributed by atoms with Gasteiger partial charge in [-0.1, -0.05) is 6.07 Å². The van der Waals surface area contributed by atoms with Crippen LogP contribution in [-0.4, -0.2) is 47.8 Å². The maximum absolute atomic E-state index is 5.51. The number of nitrogens with zero attached hydrogens (tertiary/aromatic N) is 4.